The summed E-state index contributed by atoms with van der Waals surface area (Å²) in [5, 5.41) is 2.36. The normalized spacial score (nSPS) is 19.1. The van der Waals surface area contributed by atoms with Crippen molar-refractivity contribution < 1.29 is 0 Å². The minimum atomic E-state index is 0.269. The number of pyridine rings is 1. The Morgan fingerprint density at radius 3 is 3.05 bits per heavy atom. The molecule has 0 saturated carbocycles. The third-order valence-corrected chi connectivity index (χ3v) is 4.45. The summed E-state index contributed by atoms with van der Waals surface area (Å²) in [6.45, 7) is 0. The molecule has 1 aliphatic carbocycles. The second-order valence-electron chi connectivity index (χ2n) is 5.61. The minimum absolute atomic E-state index is 0.269. The van der Waals surface area contributed by atoms with E-state index in [1.54, 1.807) is 0 Å². The fourth-order valence-corrected chi connectivity index (χ4v) is 3.55. The van der Waals surface area contributed by atoms with Gasteiger partial charge in [-0.2, -0.15) is 0 Å². The van der Waals surface area contributed by atoms with Gasteiger partial charge >= 0.3 is 0 Å². The topological polar surface area (TPSA) is 30.2 Å². The van der Waals surface area contributed by atoms with Crippen LogP contribution >= 0.6 is 0 Å². The third-order valence-electron chi connectivity index (χ3n) is 4.45. The van der Waals surface area contributed by atoms with Crippen molar-refractivity contribution in [2.24, 2.45) is 12.0 Å². The number of aliphatic imine (C=N–C) groups is 1. The molecule has 1 aliphatic heterocycles. The van der Waals surface area contributed by atoms with E-state index in [9.17, 15) is 0 Å². The first kappa shape index (κ1) is 11.0. The zero-order valence-electron chi connectivity index (χ0n) is 11.6. The highest BCUT2D eigenvalue weighted by atomic mass is 14.9. The minimum Gasteiger partial charge on any atom is -0.350 e. The number of fused-ring (bicyclic) bond motifs is 8. The average Bonchev–Trinajstić information content (AvgIpc) is 3.08. The lowest BCUT2D eigenvalue weighted by Crippen LogP contribution is -2.06. The Kier molecular flexibility index (Phi) is 1.94. The third kappa shape index (κ3) is 1.28. The first-order valence-corrected chi connectivity index (χ1v) is 7.13. The van der Waals surface area contributed by atoms with Gasteiger partial charge < -0.3 is 4.57 Å². The predicted molar refractivity (Wildman–Crippen MR) is 86.3 cm³/mol. The Bertz CT molecular complexity index is 1000. The molecule has 1 aromatic carbocycles. The molecule has 0 N–H and O–H groups in total. The molecule has 0 spiro atoms. The molecule has 0 saturated heterocycles. The lowest BCUT2D eigenvalue weighted by atomic mass is 9.90. The first-order valence-electron chi connectivity index (χ1n) is 7.13. The van der Waals surface area contributed by atoms with Crippen LogP contribution in [0, 0.1) is 0 Å². The van der Waals surface area contributed by atoms with Crippen LogP contribution in [0.2, 0.25) is 0 Å². The quantitative estimate of drug-likeness (QED) is 0.607. The van der Waals surface area contributed by atoms with E-state index in [1.807, 2.05) is 12.3 Å². The Morgan fingerprint density at radius 1 is 1.14 bits per heavy atom. The van der Waals surface area contributed by atoms with Crippen LogP contribution in [-0.4, -0.2) is 15.3 Å². The van der Waals surface area contributed by atoms with Crippen molar-refractivity contribution in [1.82, 2.24) is 9.55 Å². The van der Waals surface area contributed by atoms with Gasteiger partial charge in [-0.15, -0.1) is 0 Å². The predicted octanol–water partition coefficient (Wildman–Crippen LogP) is 4.02. The summed E-state index contributed by atoms with van der Waals surface area (Å²) in [7, 11) is 2.09. The molecule has 3 heterocycles. The fourth-order valence-electron chi connectivity index (χ4n) is 3.55. The van der Waals surface area contributed by atoms with Crippen LogP contribution in [0.4, 0.5) is 5.69 Å². The number of aromatic nitrogens is 2. The summed E-state index contributed by atoms with van der Waals surface area (Å²) in [6.07, 6.45) is 12.5. The summed E-state index contributed by atoms with van der Waals surface area (Å²) in [5.74, 6) is 0.269. The molecule has 1 atom stereocenters. The van der Waals surface area contributed by atoms with Gasteiger partial charge in [-0.05, 0) is 24.3 Å². The van der Waals surface area contributed by atoms with Crippen molar-refractivity contribution in [3.63, 3.8) is 0 Å². The molecule has 1 unspecified atom stereocenters. The molecule has 0 bridgehead atoms. The monoisotopic (exact) mass is 271 g/mol. The maximum atomic E-state index is 4.90. The van der Waals surface area contributed by atoms with Gasteiger partial charge in [-0.3, -0.25) is 9.98 Å². The van der Waals surface area contributed by atoms with Crippen LogP contribution in [0.25, 0.3) is 21.8 Å². The molecule has 0 radical (unpaired) electrons. The Balaban J connectivity index is 2.05. The molecule has 5 rings (SSSR count). The molecule has 3 nitrogen and oxygen atoms in total. The Hall–Kier alpha value is -2.68. The smallest absolute Gasteiger partial charge is 0.0817 e. The summed E-state index contributed by atoms with van der Waals surface area (Å²) < 4.78 is 2.19. The second kappa shape index (κ2) is 3.70. The van der Waals surface area contributed by atoms with Gasteiger partial charge in [-0.25, -0.2) is 0 Å². The molecule has 2 aliphatic rings. The summed E-state index contributed by atoms with van der Waals surface area (Å²) in [6, 6.07) is 6.28. The highest BCUT2D eigenvalue weighted by Crippen LogP contribution is 2.47. The van der Waals surface area contributed by atoms with Crippen molar-refractivity contribution in [1.29, 1.82) is 0 Å². The Morgan fingerprint density at radius 2 is 2.10 bits per heavy atom. The van der Waals surface area contributed by atoms with Crippen LogP contribution in [0.3, 0.4) is 0 Å². The molecule has 100 valence electrons. The largest absolute Gasteiger partial charge is 0.350 e. The van der Waals surface area contributed by atoms with E-state index in [0.29, 0.717) is 0 Å². The van der Waals surface area contributed by atoms with Crippen LogP contribution in [0.5, 0.6) is 0 Å². The summed E-state index contributed by atoms with van der Waals surface area (Å²) >= 11 is 0. The van der Waals surface area contributed by atoms with Crippen molar-refractivity contribution in [2.45, 2.75) is 5.92 Å². The van der Waals surface area contributed by atoms with E-state index in [0.717, 1.165) is 22.3 Å². The number of hydrogen-bond donors (Lipinski definition) is 0. The summed E-state index contributed by atoms with van der Waals surface area (Å²) in [5.41, 5.74) is 5.83. The van der Waals surface area contributed by atoms with E-state index in [4.69, 9.17) is 4.99 Å². The van der Waals surface area contributed by atoms with Crippen molar-refractivity contribution in [3.05, 3.63) is 60.5 Å². The SMILES string of the molecule is Cn1ccc2c3ncccc3c3c(c21)C1C=CC=CC1=N3. The van der Waals surface area contributed by atoms with Crippen molar-refractivity contribution in [2.75, 3.05) is 0 Å². The van der Waals surface area contributed by atoms with E-state index < -0.39 is 0 Å². The highest BCUT2D eigenvalue weighted by Gasteiger charge is 2.30. The lowest BCUT2D eigenvalue weighted by molar-refractivity contribution is 0.958. The molecule has 0 amide bonds. The van der Waals surface area contributed by atoms with Gasteiger partial charge in [0, 0.05) is 41.7 Å². The van der Waals surface area contributed by atoms with Gasteiger partial charge in [0.15, 0.2) is 0 Å². The first-order chi connectivity index (χ1) is 10.3. The van der Waals surface area contributed by atoms with Crippen LogP contribution in [0.1, 0.15) is 11.5 Å². The van der Waals surface area contributed by atoms with Crippen LogP contribution in [-0.2, 0) is 7.05 Å². The second-order valence-corrected chi connectivity index (χ2v) is 5.61. The fraction of sp³-hybridized carbons (Fsp3) is 0.111. The molecule has 2 aromatic heterocycles. The van der Waals surface area contributed by atoms with E-state index in [-0.39, 0.29) is 5.92 Å². The van der Waals surface area contributed by atoms with E-state index >= 15 is 0 Å². The number of nitrogens with zero attached hydrogens (tertiary/aromatic N) is 3. The zero-order chi connectivity index (χ0) is 14.0. The van der Waals surface area contributed by atoms with E-state index in [1.165, 1.54) is 16.5 Å². The molecule has 3 heteroatoms. The average molecular weight is 271 g/mol. The number of rotatable bonds is 0. The molecule has 21 heavy (non-hydrogen) atoms. The molecule has 3 aromatic rings. The zero-order valence-corrected chi connectivity index (χ0v) is 11.6. The summed E-state index contributed by atoms with van der Waals surface area (Å²) in [4.78, 5) is 9.50. The van der Waals surface area contributed by atoms with Crippen LogP contribution in [0.15, 0.2) is 59.9 Å². The number of benzene rings is 1. The van der Waals surface area contributed by atoms with Gasteiger partial charge in [0.25, 0.3) is 0 Å². The van der Waals surface area contributed by atoms with E-state index in [2.05, 4.69) is 59.2 Å². The molecule has 0 fully saturated rings. The number of allylic oxidation sites excluding steroid dienone is 4. The van der Waals surface area contributed by atoms with Gasteiger partial charge in [0.2, 0.25) is 0 Å². The molecular weight excluding hydrogens is 258 g/mol. The number of hydrogen-bond acceptors (Lipinski definition) is 2. The van der Waals surface area contributed by atoms with Crippen LogP contribution < -0.4 is 0 Å². The van der Waals surface area contributed by atoms with Crippen molar-refractivity contribution in [3.8, 4) is 0 Å². The maximum absolute atomic E-state index is 4.90. The number of aryl methyl sites for hydroxylation is 1. The maximum Gasteiger partial charge on any atom is 0.0817 e. The lowest BCUT2D eigenvalue weighted by Gasteiger charge is -2.14. The van der Waals surface area contributed by atoms with Gasteiger partial charge in [0.1, 0.15) is 0 Å². The molecular formula is C18H13N3. The Labute approximate surface area is 121 Å². The highest BCUT2D eigenvalue weighted by molar-refractivity contribution is 6.20. The van der Waals surface area contributed by atoms with Crippen molar-refractivity contribution >= 4 is 33.2 Å². The van der Waals surface area contributed by atoms with Gasteiger partial charge in [-0.1, -0.05) is 18.2 Å². The van der Waals surface area contributed by atoms with Gasteiger partial charge in [0.05, 0.1) is 22.4 Å². The standard InChI is InChI=1S/C18H13N3/c1-21-10-8-13-16-12(6-4-9-19-16)17-15(18(13)21)11-5-2-3-7-14(11)20-17/h2-11H,1H3.